The van der Waals surface area contributed by atoms with E-state index in [2.05, 4.69) is 84.9 Å². The number of hydrogen-bond donors (Lipinski definition) is 0. The van der Waals surface area contributed by atoms with E-state index in [1.807, 2.05) is 54.6 Å². The monoisotopic (exact) mass is 549 g/mol. The fourth-order valence-corrected chi connectivity index (χ4v) is 6.26. The SMILES string of the molecule is c1ccc(-c2nc(-c3ccc4c(c3)oc3ccccc34)nc(-c3cccc4c3ccc3c5ccccc5ccc43)n2)cc1. The van der Waals surface area contributed by atoms with E-state index in [1.165, 1.54) is 26.9 Å². The molecule has 0 N–H and O–H groups in total. The Labute approximate surface area is 246 Å². The minimum Gasteiger partial charge on any atom is -0.456 e. The van der Waals surface area contributed by atoms with Crippen LogP contribution in [0.15, 0.2) is 144 Å². The minimum absolute atomic E-state index is 0.606. The summed E-state index contributed by atoms with van der Waals surface area (Å²) in [5.74, 6) is 1.88. The van der Waals surface area contributed by atoms with E-state index in [4.69, 9.17) is 19.4 Å². The topological polar surface area (TPSA) is 51.8 Å². The first-order valence-electron chi connectivity index (χ1n) is 14.4. The Morgan fingerprint density at radius 1 is 0.349 bits per heavy atom. The van der Waals surface area contributed by atoms with Gasteiger partial charge in [0.1, 0.15) is 11.2 Å². The summed E-state index contributed by atoms with van der Waals surface area (Å²) in [6.07, 6.45) is 0. The summed E-state index contributed by atoms with van der Waals surface area (Å²) in [7, 11) is 0. The van der Waals surface area contributed by atoms with Gasteiger partial charge in [0.15, 0.2) is 17.5 Å². The number of fused-ring (bicyclic) bond motifs is 8. The number of hydrogen-bond acceptors (Lipinski definition) is 4. The molecule has 0 bridgehead atoms. The Morgan fingerprint density at radius 3 is 1.86 bits per heavy atom. The quantitative estimate of drug-likeness (QED) is 0.206. The van der Waals surface area contributed by atoms with Crippen LogP contribution in [0.2, 0.25) is 0 Å². The van der Waals surface area contributed by atoms with Crippen LogP contribution in [0.5, 0.6) is 0 Å². The molecule has 7 aromatic carbocycles. The average Bonchev–Trinajstić information content (AvgIpc) is 3.46. The van der Waals surface area contributed by atoms with Gasteiger partial charge in [-0.15, -0.1) is 0 Å². The van der Waals surface area contributed by atoms with Gasteiger partial charge >= 0.3 is 0 Å². The summed E-state index contributed by atoms with van der Waals surface area (Å²) >= 11 is 0. The largest absolute Gasteiger partial charge is 0.456 e. The zero-order valence-electron chi connectivity index (χ0n) is 23.0. The Bertz CT molecular complexity index is 2510. The maximum atomic E-state index is 6.20. The third-order valence-electron chi connectivity index (χ3n) is 8.33. The lowest BCUT2D eigenvalue weighted by Crippen LogP contribution is -2.00. The summed E-state index contributed by atoms with van der Waals surface area (Å²) < 4.78 is 6.20. The molecular weight excluding hydrogens is 526 g/mol. The predicted octanol–water partition coefficient (Wildman–Crippen LogP) is 10.2. The van der Waals surface area contributed by atoms with Crippen molar-refractivity contribution in [3.05, 3.63) is 140 Å². The zero-order valence-corrected chi connectivity index (χ0v) is 23.0. The Kier molecular flexibility index (Phi) is 5.16. The molecule has 0 aliphatic rings. The predicted molar refractivity (Wildman–Crippen MR) is 176 cm³/mol. The van der Waals surface area contributed by atoms with Gasteiger partial charge in [0.25, 0.3) is 0 Å². The number of furan rings is 1. The molecule has 43 heavy (non-hydrogen) atoms. The van der Waals surface area contributed by atoms with Crippen LogP contribution in [0.3, 0.4) is 0 Å². The van der Waals surface area contributed by atoms with Crippen LogP contribution < -0.4 is 0 Å². The van der Waals surface area contributed by atoms with Crippen LogP contribution in [0, 0.1) is 0 Å². The Balaban J connectivity index is 1.28. The van der Waals surface area contributed by atoms with Crippen molar-refractivity contribution >= 4 is 54.3 Å². The van der Waals surface area contributed by atoms with Crippen LogP contribution in [-0.4, -0.2) is 15.0 Å². The number of aromatic nitrogens is 3. The van der Waals surface area contributed by atoms with Gasteiger partial charge in [0.2, 0.25) is 0 Å². The van der Waals surface area contributed by atoms with Crippen LogP contribution >= 0.6 is 0 Å². The van der Waals surface area contributed by atoms with Gasteiger partial charge in [-0.3, -0.25) is 0 Å². The summed E-state index contributed by atoms with van der Waals surface area (Å²) in [5, 5.41) is 9.39. The van der Waals surface area contributed by atoms with Crippen molar-refractivity contribution in [2.24, 2.45) is 0 Å². The van der Waals surface area contributed by atoms with Crippen LogP contribution in [0.1, 0.15) is 0 Å². The van der Waals surface area contributed by atoms with Gasteiger partial charge in [-0.1, -0.05) is 121 Å². The van der Waals surface area contributed by atoms with Crippen LogP contribution in [-0.2, 0) is 0 Å². The third kappa shape index (κ3) is 3.81. The first-order chi connectivity index (χ1) is 21.3. The molecule has 0 atom stereocenters. The Hall–Kier alpha value is -5.87. The molecule has 0 fully saturated rings. The maximum Gasteiger partial charge on any atom is 0.164 e. The van der Waals surface area contributed by atoms with Crippen molar-refractivity contribution in [2.45, 2.75) is 0 Å². The van der Waals surface area contributed by atoms with Crippen molar-refractivity contribution in [2.75, 3.05) is 0 Å². The lowest BCUT2D eigenvalue weighted by molar-refractivity contribution is 0.669. The molecule has 9 rings (SSSR count). The number of nitrogens with zero attached hydrogens (tertiary/aromatic N) is 3. The summed E-state index contributed by atoms with van der Waals surface area (Å²) in [4.78, 5) is 15.1. The van der Waals surface area contributed by atoms with Gasteiger partial charge < -0.3 is 4.42 Å². The number of benzene rings is 7. The van der Waals surface area contributed by atoms with E-state index in [0.29, 0.717) is 17.5 Å². The molecule has 4 heteroatoms. The van der Waals surface area contributed by atoms with Crippen molar-refractivity contribution < 1.29 is 4.42 Å². The van der Waals surface area contributed by atoms with E-state index < -0.39 is 0 Å². The van der Waals surface area contributed by atoms with Crippen LogP contribution in [0.25, 0.3) is 88.4 Å². The van der Waals surface area contributed by atoms with E-state index in [9.17, 15) is 0 Å². The molecule has 0 aliphatic carbocycles. The minimum atomic E-state index is 0.606. The first-order valence-corrected chi connectivity index (χ1v) is 14.4. The highest BCUT2D eigenvalue weighted by atomic mass is 16.3. The molecule has 4 nitrogen and oxygen atoms in total. The second-order valence-electron chi connectivity index (χ2n) is 10.8. The second-order valence-corrected chi connectivity index (χ2v) is 10.8. The molecule has 0 saturated heterocycles. The van der Waals surface area contributed by atoms with Crippen molar-refractivity contribution in [3.8, 4) is 34.2 Å². The van der Waals surface area contributed by atoms with E-state index in [1.54, 1.807) is 0 Å². The smallest absolute Gasteiger partial charge is 0.164 e. The molecule has 0 spiro atoms. The molecule has 0 aliphatic heterocycles. The van der Waals surface area contributed by atoms with Gasteiger partial charge in [-0.2, -0.15) is 0 Å². The summed E-state index contributed by atoms with van der Waals surface area (Å²) in [5.41, 5.74) is 4.47. The fraction of sp³-hybridized carbons (Fsp3) is 0. The highest BCUT2D eigenvalue weighted by Gasteiger charge is 2.16. The third-order valence-corrected chi connectivity index (χ3v) is 8.33. The maximum absolute atomic E-state index is 6.20. The first kappa shape index (κ1) is 23.8. The van der Waals surface area contributed by atoms with Gasteiger partial charge in [0, 0.05) is 27.5 Å². The van der Waals surface area contributed by atoms with E-state index >= 15 is 0 Å². The molecule has 200 valence electrons. The molecule has 2 aromatic heterocycles. The molecular formula is C39H23N3O. The standard InChI is InChI=1S/C39H23N3O/c1-2-10-25(11-3-1)37-40-38(26-18-20-33-32-13-6-7-16-35(32)43-36(33)23-26)42-39(41-37)34-15-8-14-28-30-19-17-24-9-4-5-12-27(24)29(30)21-22-31(28)34/h1-23H. The molecule has 0 unspecified atom stereocenters. The highest BCUT2D eigenvalue weighted by Crippen LogP contribution is 2.37. The molecule has 9 aromatic rings. The second kappa shape index (κ2) is 9.33. The number of para-hydroxylation sites is 1. The molecule has 0 saturated carbocycles. The van der Waals surface area contributed by atoms with Gasteiger partial charge in [-0.25, -0.2) is 15.0 Å². The van der Waals surface area contributed by atoms with E-state index in [-0.39, 0.29) is 0 Å². The zero-order chi connectivity index (χ0) is 28.3. The van der Waals surface area contributed by atoms with Crippen LogP contribution in [0.4, 0.5) is 0 Å². The van der Waals surface area contributed by atoms with Gasteiger partial charge in [0.05, 0.1) is 0 Å². The fourth-order valence-electron chi connectivity index (χ4n) is 6.26. The lowest BCUT2D eigenvalue weighted by Gasteiger charge is -2.12. The summed E-state index contributed by atoms with van der Waals surface area (Å²) in [6.45, 7) is 0. The van der Waals surface area contributed by atoms with Gasteiger partial charge in [-0.05, 0) is 50.5 Å². The molecule has 2 heterocycles. The molecule has 0 amide bonds. The number of rotatable bonds is 3. The Morgan fingerprint density at radius 2 is 0.953 bits per heavy atom. The van der Waals surface area contributed by atoms with Crippen molar-refractivity contribution in [1.82, 2.24) is 15.0 Å². The van der Waals surface area contributed by atoms with Crippen molar-refractivity contribution in [1.29, 1.82) is 0 Å². The lowest BCUT2D eigenvalue weighted by atomic mass is 9.95. The van der Waals surface area contributed by atoms with Crippen molar-refractivity contribution in [3.63, 3.8) is 0 Å². The normalized spacial score (nSPS) is 11.7. The average molecular weight is 550 g/mol. The molecule has 0 radical (unpaired) electrons. The van der Waals surface area contributed by atoms with E-state index in [0.717, 1.165) is 44.0 Å². The summed E-state index contributed by atoms with van der Waals surface area (Å²) in [6, 6.07) is 48.2. The highest BCUT2D eigenvalue weighted by molar-refractivity contribution is 6.19.